The zero-order chi connectivity index (χ0) is 14.4. The molecule has 6 unspecified atom stereocenters. The summed E-state index contributed by atoms with van der Waals surface area (Å²) in [6, 6.07) is 0.892. The number of aliphatic carboxylic acids is 1. The van der Waals surface area contributed by atoms with Crippen molar-refractivity contribution >= 4 is 5.97 Å². The van der Waals surface area contributed by atoms with Crippen molar-refractivity contribution in [1.29, 1.82) is 0 Å². The Kier molecular flexibility index (Phi) is 3.70. The molecule has 4 fully saturated rings. The van der Waals surface area contributed by atoms with Crippen LogP contribution < -0.4 is 0 Å². The van der Waals surface area contributed by atoms with Gasteiger partial charge in [-0.25, -0.2) is 0 Å². The molecule has 6 atom stereocenters. The Bertz CT molecular complexity index is 414. The molecule has 4 rings (SSSR count). The van der Waals surface area contributed by atoms with Crippen LogP contribution in [0.15, 0.2) is 0 Å². The Labute approximate surface area is 127 Å². The Hall–Kier alpha value is -0.610. The van der Waals surface area contributed by atoms with Gasteiger partial charge in [0.25, 0.3) is 0 Å². The van der Waals surface area contributed by atoms with Gasteiger partial charge in [-0.15, -0.1) is 0 Å². The van der Waals surface area contributed by atoms with E-state index in [1.54, 1.807) is 0 Å². The Morgan fingerprint density at radius 3 is 2.48 bits per heavy atom. The van der Waals surface area contributed by atoms with Crippen molar-refractivity contribution in [2.24, 2.45) is 11.8 Å². The highest BCUT2D eigenvalue weighted by atomic mass is 16.4. The van der Waals surface area contributed by atoms with Crippen LogP contribution in [0.1, 0.15) is 51.4 Å². The van der Waals surface area contributed by atoms with Crippen molar-refractivity contribution < 1.29 is 9.90 Å². The Balaban J connectivity index is 1.61. The first-order chi connectivity index (χ1) is 10.2. The Morgan fingerprint density at radius 1 is 0.857 bits per heavy atom. The highest BCUT2D eigenvalue weighted by molar-refractivity contribution is 5.73. The average molecular weight is 292 g/mol. The van der Waals surface area contributed by atoms with Gasteiger partial charge in [-0.05, 0) is 63.5 Å². The number of carbonyl (C=O) groups is 1. The van der Waals surface area contributed by atoms with Gasteiger partial charge in [0.1, 0.15) is 6.04 Å². The van der Waals surface area contributed by atoms with Gasteiger partial charge in [-0.3, -0.25) is 9.69 Å². The van der Waals surface area contributed by atoms with E-state index in [2.05, 4.69) is 9.80 Å². The van der Waals surface area contributed by atoms with Crippen molar-refractivity contribution in [2.45, 2.75) is 69.5 Å². The Morgan fingerprint density at radius 2 is 1.62 bits per heavy atom. The maximum absolute atomic E-state index is 11.8. The predicted octanol–water partition coefficient (Wildman–Crippen LogP) is 2.19. The standard InChI is InChI=1S/C17H28N2O2/c20-17(21)16-6-5-12-3-1-2-4-14(12)19(16)15-8-10-18-9-7-13(15)11-18/h12-16H,1-11H2,(H,20,21). The minimum atomic E-state index is -0.570. The molecular weight excluding hydrogens is 264 g/mol. The number of carboxylic acid groups (broad SMARTS) is 1. The van der Waals surface area contributed by atoms with Crippen LogP contribution in [0.2, 0.25) is 0 Å². The van der Waals surface area contributed by atoms with Crippen LogP contribution in [0.4, 0.5) is 0 Å². The summed E-state index contributed by atoms with van der Waals surface area (Å²) >= 11 is 0. The lowest BCUT2D eigenvalue weighted by atomic mass is 9.74. The monoisotopic (exact) mass is 292 g/mol. The number of hydrogen-bond acceptors (Lipinski definition) is 3. The molecule has 118 valence electrons. The number of hydrogen-bond donors (Lipinski definition) is 1. The molecule has 4 nitrogen and oxygen atoms in total. The molecule has 0 aromatic heterocycles. The van der Waals surface area contributed by atoms with Crippen molar-refractivity contribution in [3.63, 3.8) is 0 Å². The molecule has 3 saturated heterocycles. The van der Waals surface area contributed by atoms with E-state index < -0.39 is 5.97 Å². The van der Waals surface area contributed by atoms with E-state index in [0.29, 0.717) is 12.1 Å². The van der Waals surface area contributed by atoms with E-state index in [9.17, 15) is 9.90 Å². The van der Waals surface area contributed by atoms with E-state index in [1.165, 1.54) is 58.2 Å². The minimum absolute atomic E-state index is 0.207. The highest BCUT2D eigenvalue weighted by Crippen LogP contribution is 2.43. The first kappa shape index (κ1) is 14.0. The van der Waals surface area contributed by atoms with Gasteiger partial charge < -0.3 is 10.0 Å². The van der Waals surface area contributed by atoms with Crippen LogP contribution in [0, 0.1) is 11.8 Å². The van der Waals surface area contributed by atoms with Gasteiger partial charge in [0.2, 0.25) is 0 Å². The molecule has 1 N–H and O–H groups in total. The lowest BCUT2D eigenvalue weighted by Gasteiger charge is -2.52. The van der Waals surface area contributed by atoms with Crippen LogP contribution in [-0.4, -0.2) is 58.6 Å². The molecule has 0 amide bonds. The van der Waals surface area contributed by atoms with Crippen LogP contribution in [-0.2, 0) is 4.79 Å². The topological polar surface area (TPSA) is 43.8 Å². The van der Waals surface area contributed by atoms with Crippen LogP contribution >= 0.6 is 0 Å². The first-order valence-electron chi connectivity index (χ1n) is 8.96. The van der Waals surface area contributed by atoms with Crippen LogP contribution in [0.25, 0.3) is 0 Å². The van der Waals surface area contributed by atoms with E-state index in [0.717, 1.165) is 24.7 Å². The highest BCUT2D eigenvalue weighted by Gasteiger charge is 2.48. The van der Waals surface area contributed by atoms with Gasteiger partial charge in [0.05, 0.1) is 0 Å². The van der Waals surface area contributed by atoms with Crippen molar-refractivity contribution in [2.75, 3.05) is 19.6 Å². The van der Waals surface area contributed by atoms with Crippen LogP contribution in [0.3, 0.4) is 0 Å². The fraction of sp³-hybridized carbons (Fsp3) is 0.941. The molecule has 0 spiro atoms. The molecule has 3 heterocycles. The van der Waals surface area contributed by atoms with Gasteiger partial charge in [-0.2, -0.15) is 0 Å². The summed E-state index contributed by atoms with van der Waals surface area (Å²) in [6.07, 6.45) is 9.72. The lowest BCUT2D eigenvalue weighted by Crippen LogP contribution is -2.61. The zero-order valence-electron chi connectivity index (χ0n) is 12.9. The summed E-state index contributed by atoms with van der Waals surface area (Å²) in [5, 5.41) is 9.75. The fourth-order valence-corrected chi connectivity index (χ4v) is 5.72. The van der Waals surface area contributed by atoms with Crippen molar-refractivity contribution in [3.05, 3.63) is 0 Å². The van der Waals surface area contributed by atoms with E-state index >= 15 is 0 Å². The summed E-state index contributed by atoms with van der Waals surface area (Å²) < 4.78 is 0. The molecule has 21 heavy (non-hydrogen) atoms. The molecule has 0 radical (unpaired) electrons. The first-order valence-corrected chi connectivity index (χ1v) is 8.96. The lowest BCUT2D eigenvalue weighted by molar-refractivity contribution is -0.152. The second-order valence-electron chi connectivity index (χ2n) is 7.70. The molecule has 1 aliphatic carbocycles. The molecule has 4 heteroatoms. The minimum Gasteiger partial charge on any atom is -0.480 e. The SMILES string of the molecule is O=C(O)C1CCC2CCCCC2N1C1CCN2CCC1C2. The summed E-state index contributed by atoms with van der Waals surface area (Å²) in [4.78, 5) is 16.9. The fourth-order valence-electron chi connectivity index (χ4n) is 5.72. The maximum Gasteiger partial charge on any atom is 0.320 e. The van der Waals surface area contributed by atoms with Gasteiger partial charge in [-0.1, -0.05) is 12.8 Å². The number of rotatable bonds is 2. The third-order valence-corrected chi connectivity index (χ3v) is 6.68. The largest absolute Gasteiger partial charge is 0.480 e. The van der Waals surface area contributed by atoms with Gasteiger partial charge in [0, 0.05) is 18.6 Å². The van der Waals surface area contributed by atoms with Crippen molar-refractivity contribution in [3.8, 4) is 0 Å². The quantitative estimate of drug-likeness (QED) is 0.847. The predicted molar refractivity (Wildman–Crippen MR) is 81.2 cm³/mol. The van der Waals surface area contributed by atoms with Gasteiger partial charge >= 0.3 is 5.97 Å². The second-order valence-corrected chi connectivity index (χ2v) is 7.70. The number of carboxylic acids is 1. The molecule has 1 saturated carbocycles. The molecule has 3 aliphatic heterocycles. The average Bonchev–Trinajstić information content (AvgIpc) is 2.88. The second kappa shape index (κ2) is 5.54. The number of likely N-dealkylation sites (tertiary alicyclic amines) is 1. The number of fused-ring (bicyclic) bond motifs is 3. The number of piperidine rings is 2. The summed E-state index contributed by atoms with van der Waals surface area (Å²) in [7, 11) is 0. The third kappa shape index (κ3) is 2.40. The summed E-state index contributed by atoms with van der Waals surface area (Å²) in [5.74, 6) is 0.925. The molecule has 2 bridgehead atoms. The zero-order valence-corrected chi connectivity index (χ0v) is 12.9. The van der Waals surface area contributed by atoms with Crippen molar-refractivity contribution in [1.82, 2.24) is 9.80 Å². The normalized spacial score (nSPS) is 47.0. The van der Waals surface area contributed by atoms with E-state index in [4.69, 9.17) is 0 Å². The third-order valence-electron chi connectivity index (χ3n) is 6.68. The summed E-state index contributed by atoms with van der Waals surface area (Å²) in [6.45, 7) is 3.63. The molecule has 4 aliphatic rings. The molecular formula is C17H28N2O2. The van der Waals surface area contributed by atoms with E-state index in [1.807, 2.05) is 0 Å². The summed E-state index contributed by atoms with van der Waals surface area (Å²) in [5.41, 5.74) is 0. The van der Waals surface area contributed by atoms with Gasteiger partial charge in [0.15, 0.2) is 0 Å². The van der Waals surface area contributed by atoms with Crippen LogP contribution in [0.5, 0.6) is 0 Å². The smallest absolute Gasteiger partial charge is 0.320 e. The van der Waals surface area contributed by atoms with E-state index in [-0.39, 0.29) is 6.04 Å². The number of nitrogens with zero attached hydrogens (tertiary/aromatic N) is 2. The molecule has 0 aromatic rings. The molecule has 0 aromatic carbocycles. The maximum atomic E-state index is 11.8.